The SMILES string of the molecule is CCCN(C)CCC(O)(P)P. The number of rotatable bonds is 5. The summed E-state index contributed by atoms with van der Waals surface area (Å²) in [7, 11) is 6.89. The molecule has 2 nitrogen and oxygen atoms in total. The van der Waals surface area contributed by atoms with Crippen LogP contribution in [0.3, 0.4) is 0 Å². The molecular weight excluding hydrogens is 176 g/mol. The van der Waals surface area contributed by atoms with E-state index in [0.717, 1.165) is 19.5 Å². The van der Waals surface area contributed by atoms with E-state index in [9.17, 15) is 5.11 Å². The summed E-state index contributed by atoms with van der Waals surface area (Å²) in [5.41, 5.74) is 0. The van der Waals surface area contributed by atoms with Crippen molar-refractivity contribution in [2.75, 3.05) is 20.1 Å². The van der Waals surface area contributed by atoms with Gasteiger partial charge in [0, 0.05) is 6.54 Å². The third kappa shape index (κ3) is 8.69. The molecule has 0 spiro atoms. The number of nitrogens with zero attached hydrogens (tertiary/aromatic N) is 1. The van der Waals surface area contributed by atoms with Gasteiger partial charge in [0.25, 0.3) is 0 Å². The molecule has 0 fully saturated rings. The molecule has 2 unspecified atom stereocenters. The van der Waals surface area contributed by atoms with Gasteiger partial charge in [0.1, 0.15) is 0 Å². The molecule has 0 saturated carbocycles. The lowest BCUT2D eigenvalue weighted by molar-refractivity contribution is 0.192. The zero-order valence-electron chi connectivity index (χ0n) is 7.38. The Bertz CT molecular complexity index is 103. The van der Waals surface area contributed by atoms with E-state index in [-0.39, 0.29) is 0 Å². The van der Waals surface area contributed by atoms with Gasteiger partial charge in [-0.25, -0.2) is 0 Å². The molecule has 0 rings (SSSR count). The Labute approximate surface area is 74.1 Å². The van der Waals surface area contributed by atoms with Crippen molar-refractivity contribution in [3.63, 3.8) is 0 Å². The second-order valence-electron chi connectivity index (χ2n) is 3.04. The number of aliphatic hydroxyl groups is 1. The zero-order chi connectivity index (χ0) is 8.91. The molecule has 0 aliphatic rings. The predicted octanol–water partition coefficient (Wildman–Crippen LogP) is 1.11. The van der Waals surface area contributed by atoms with E-state index < -0.39 is 5.08 Å². The summed E-state index contributed by atoms with van der Waals surface area (Å²) in [6, 6.07) is 0. The van der Waals surface area contributed by atoms with Crippen molar-refractivity contribution < 1.29 is 5.11 Å². The molecule has 1 N–H and O–H groups in total. The molecule has 0 saturated heterocycles. The van der Waals surface area contributed by atoms with E-state index in [2.05, 4.69) is 37.4 Å². The van der Waals surface area contributed by atoms with E-state index >= 15 is 0 Å². The summed E-state index contributed by atoms with van der Waals surface area (Å²) in [5.74, 6) is 0. The third-order valence-electron chi connectivity index (χ3n) is 1.50. The minimum atomic E-state index is -0.679. The monoisotopic (exact) mass is 195 g/mol. The maximum absolute atomic E-state index is 9.33. The Balaban J connectivity index is 3.38. The fourth-order valence-corrected chi connectivity index (χ4v) is 1.12. The number of hydrogen-bond acceptors (Lipinski definition) is 2. The van der Waals surface area contributed by atoms with Gasteiger partial charge >= 0.3 is 0 Å². The molecule has 4 heteroatoms. The molecule has 0 amide bonds. The molecule has 0 radical (unpaired) electrons. The third-order valence-corrected chi connectivity index (χ3v) is 2.08. The van der Waals surface area contributed by atoms with E-state index in [1.807, 2.05) is 0 Å². The first kappa shape index (κ1) is 11.8. The first-order chi connectivity index (χ1) is 4.95. The summed E-state index contributed by atoms with van der Waals surface area (Å²) in [4.78, 5) is 2.22. The van der Waals surface area contributed by atoms with Crippen LogP contribution in [0.2, 0.25) is 0 Å². The highest BCUT2D eigenvalue weighted by molar-refractivity contribution is 7.39. The van der Waals surface area contributed by atoms with Crippen LogP contribution >= 0.6 is 18.5 Å². The van der Waals surface area contributed by atoms with Crippen LogP contribution in [0.4, 0.5) is 0 Å². The van der Waals surface area contributed by atoms with Gasteiger partial charge < -0.3 is 10.0 Å². The molecular formula is C7H19NOP2. The molecule has 2 atom stereocenters. The van der Waals surface area contributed by atoms with Gasteiger partial charge in [-0.15, -0.1) is 0 Å². The van der Waals surface area contributed by atoms with Gasteiger partial charge in [0.05, 0.1) is 5.08 Å². The molecule has 0 heterocycles. The van der Waals surface area contributed by atoms with Crippen molar-refractivity contribution in [2.24, 2.45) is 0 Å². The molecule has 0 aromatic heterocycles. The molecule has 68 valence electrons. The second kappa shape index (κ2) is 5.43. The van der Waals surface area contributed by atoms with Crippen LogP contribution in [0.25, 0.3) is 0 Å². The maximum Gasteiger partial charge on any atom is 0.0917 e. The zero-order valence-corrected chi connectivity index (χ0v) is 9.69. The predicted molar refractivity (Wildman–Crippen MR) is 56.8 cm³/mol. The van der Waals surface area contributed by atoms with Gasteiger partial charge in [-0.2, -0.15) is 0 Å². The van der Waals surface area contributed by atoms with E-state index in [1.54, 1.807) is 0 Å². The van der Waals surface area contributed by atoms with Gasteiger partial charge in [0.15, 0.2) is 0 Å². The highest BCUT2D eigenvalue weighted by Crippen LogP contribution is 2.26. The van der Waals surface area contributed by atoms with Crippen molar-refractivity contribution in [2.45, 2.75) is 24.8 Å². The van der Waals surface area contributed by atoms with E-state index in [1.165, 1.54) is 6.42 Å². The average Bonchev–Trinajstić information content (AvgIpc) is 1.83. The summed E-state index contributed by atoms with van der Waals surface area (Å²) >= 11 is 0. The Kier molecular flexibility index (Phi) is 5.82. The minimum absolute atomic E-state index is 0.679. The molecule has 11 heavy (non-hydrogen) atoms. The largest absolute Gasteiger partial charge is 0.382 e. The van der Waals surface area contributed by atoms with Gasteiger partial charge in [0.2, 0.25) is 0 Å². The average molecular weight is 195 g/mol. The molecule has 0 aliphatic carbocycles. The van der Waals surface area contributed by atoms with Crippen LogP contribution < -0.4 is 0 Å². The molecule has 0 aromatic carbocycles. The number of hydrogen-bond donors (Lipinski definition) is 1. The fourth-order valence-electron chi connectivity index (χ4n) is 0.863. The lowest BCUT2D eigenvalue weighted by atomic mass is 10.3. The highest BCUT2D eigenvalue weighted by atomic mass is 31.1. The second-order valence-corrected chi connectivity index (χ2v) is 5.71. The van der Waals surface area contributed by atoms with Crippen LogP contribution in [0.15, 0.2) is 0 Å². The molecule has 0 aliphatic heterocycles. The lowest BCUT2D eigenvalue weighted by Gasteiger charge is -2.21. The normalized spacial score (nSPS) is 12.5. The minimum Gasteiger partial charge on any atom is -0.382 e. The van der Waals surface area contributed by atoms with Crippen LogP contribution in [0, 0.1) is 0 Å². The van der Waals surface area contributed by atoms with E-state index in [4.69, 9.17) is 0 Å². The topological polar surface area (TPSA) is 23.5 Å². The van der Waals surface area contributed by atoms with Gasteiger partial charge in [-0.05, 0) is 26.4 Å². The van der Waals surface area contributed by atoms with Crippen LogP contribution in [-0.2, 0) is 0 Å². The fraction of sp³-hybridized carbons (Fsp3) is 1.00. The molecule has 0 aromatic rings. The Morgan fingerprint density at radius 1 is 1.36 bits per heavy atom. The Hall–Kier alpha value is 0.780. The van der Waals surface area contributed by atoms with Crippen LogP contribution in [-0.4, -0.2) is 35.2 Å². The summed E-state index contributed by atoms with van der Waals surface area (Å²) in [6.07, 6.45) is 1.95. The van der Waals surface area contributed by atoms with Crippen molar-refractivity contribution in [3.05, 3.63) is 0 Å². The standard InChI is InChI=1S/C7H19NOP2/c1-3-5-8(2)6-4-7(9,10)11/h9H,3-6,10-11H2,1-2H3. The van der Waals surface area contributed by atoms with Gasteiger partial charge in [-0.1, -0.05) is 25.4 Å². The Morgan fingerprint density at radius 2 is 1.91 bits per heavy atom. The summed E-state index contributed by atoms with van der Waals surface area (Å²) in [6.45, 7) is 4.20. The van der Waals surface area contributed by atoms with Crippen molar-refractivity contribution in [1.82, 2.24) is 4.90 Å². The highest BCUT2D eigenvalue weighted by Gasteiger charge is 2.12. The van der Waals surface area contributed by atoms with Crippen LogP contribution in [0.5, 0.6) is 0 Å². The van der Waals surface area contributed by atoms with Crippen molar-refractivity contribution in [1.29, 1.82) is 0 Å². The van der Waals surface area contributed by atoms with Gasteiger partial charge in [-0.3, -0.25) is 0 Å². The van der Waals surface area contributed by atoms with Crippen molar-refractivity contribution in [3.8, 4) is 0 Å². The lowest BCUT2D eigenvalue weighted by Crippen LogP contribution is -2.25. The Morgan fingerprint density at radius 3 is 2.27 bits per heavy atom. The first-order valence-electron chi connectivity index (χ1n) is 3.94. The van der Waals surface area contributed by atoms with Crippen molar-refractivity contribution >= 4 is 18.5 Å². The maximum atomic E-state index is 9.33. The molecule has 0 bridgehead atoms. The van der Waals surface area contributed by atoms with E-state index in [0.29, 0.717) is 0 Å². The summed E-state index contributed by atoms with van der Waals surface area (Å²) < 4.78 is 0. The van der Waals surface area contributed by atoms with Crippen LogP contribution in [0.1, 0.15) is 19.8 Å². The smallest absolute Gasteiger partial charge is 0.0917 e. The quantitative estimate of drug-likeness (QED) is 0.664. The first-order valence-corrected chi connectivity index (χ1v) is 5.10. The summed E-state index contributed by atoms with van der Waals surface area (Å²) in [5, 5.41) is 8.66.